The lowest BCUT2D eigenvalue weighted by atomic mass is 9.89. The molecule has 1 fully saturated rings. The van der Waals surface area contributed by atoms with Crippen molar-refractivity contribution in [1.29, 1.82) is 0 Å². The average Bonchev–Trinajstić information content (AvgIpc) is 2.30. The Labute approximate surface area is 88.7 Å². The van der Waals surface area contributed by atoms with Crippen molar-refractivity contribution in [1.82, 2.24) is 0 Å². The van der Waals surface area contributed by atoms with Gasteiger partial charge in [-0.05, 0) is 24.8 Å². The van der Waals surface area contributed by atoms with E-state index < -0.39 is 6.10 Å². The maximum Gasteiger partial charge on any atom is 0.129 e. The molecular formula is C12H15FO2. The Bertz CT molecular complexity index is 321. The first-order chi connectivity index (χ1) is 7.29. The maximum atomic E-state index is 13.4. The summed E-state index contributed by atoms with van der Waals surface area (Å²) in [5.41, 5.74) is 0.407. The molecule has 0 amide bonds. The summed E-state index contributed by atoms with van der Waals surface area (Å²) in [4.78, 5) is 0. The molecule has 1 saturated heterocycles. The lowest BCUT2D eigenvalue weighted by Gasteiger charge is -2.27. The second kappa shape index (κ2) is 4.73. The van der Waals surface area contributed by atoms with E-state index in [2.05, 4.69) is 0 Å². The first-order valence-electron chi connectivity index (χ1n) is 5.29. The second-order valence-corrected chi connectivity index (χ2v) is 3.92. The van der Waals surface area contributed by atoms with E-state index in [-0.39, 0.29) is 11.7 Å². The smallest absolute Gasteiger partial charge is 0.129 e. The summed E-state index contributed by atoms with van der Waals surface area (Å²) in [6, 6.07) is 6.42. The molecule has 1 atom stereocenters. The average molecular weight is 210 g/mol. The van der Waals surface area contributed by atoms with E-state index in [0.717, 1.165) is 12.8 Å². The van der Waals surface area contributed by atoms with Gasteiger partial charge >= 0.3 is 0 Å². The van der Waals surface area contributed by atoms with E-state index in [1.807, 2.05) is 0 Å². The number of hydrogen-bond acceptors (Lipinski definition) is 2. The quantitative estimate of drug-likeness (QED) is 0.811. The van der Waals surface area contributed by atoms with Crippen molar-refractivity contribution in [3.05, 3.63) is 35.6 Å². The summed E-state index contributed by atoms with van der Waals surface area (Å²) >= 11 is 0. The second-order valence-electron chi connectivity index (χ2n) is 3.92. The minimum absolute atomic E-state index is 0.121. The van der Waals surface area contributed by atoms with E-state index in [9.17, 15) is 9.50 Å². The fourth-order valence-corrected chi connectivity index (χ4v) is 2.00. The SMILES string of the molecule is O[C@@H](c1ccccc1F)C1CCOCC1. The third-order valence-corrected chi connectivity index (χ3v) is 2.94. The van der Waals surface area contributed by atoms with Crippen LogP contribution in [0.3, 0.4) is 0 Å². The molecule has 3 heteroatoms. The van der Waals surface area contributed by atoms with Crippen LogP contribution in [-0.4, -0.2) is 18.3 Å². The molecular weight excluding hydrogens is 195 g/mol. The summed E-state index contributed by atoms with van der Waals surface area (Å²) in [7, 11) is 0. The Hall–Kier alpha value is -0.930. The first-order valence-corrected chi connectivity index (χ1v) is 5.29. The van der Waals surface area contributed by atoms with Gasteiger partial charge in [-0.1, -0.05) is 18.2 Å². The van der Waals surface area contributed by atoms with E-state index in [4.69, 9.17) is 4.74 Å². The molecule has 0 saturated carbocycles. The zero-order valence-electron chi connectivity index (χ0n) is 8.53. The van der Waals surface area contributed by atoms with Crippen LogP contribution in [-0.2, 0) is 4.74 Å². The minimum Gasteiger partial charge on any atom is -0.388 e. The van der Waals surface area contributed by atoms with Gasteiger partial charge in [-0.3, -0.25) is 0 Å². The Kier molecular flexibility index (Phi) is 3.34. The van der Waals surface area contributed by atoms with Gasteiger partial charge in [0.1, 0.15) is 5.82 Å². The van der Waals surface area contributed by atoms with Crippen LogP contribution >= 0.6 is 0 Å². The van der Waals surface area contributed by atoms with Crippen LogP contribution < -0.4 is 0 Å². The zero-order chi connectivity index (χ0) is 10.7. The minimum atomic E-state index is -0.699. The van der Waals surface area contributed by atoms with Gasteiger partial charge in [-0.15, -0.1) is 0 Å². The van der Waals surface area contributed by atoms with Crippen LogP contribution in [0.25, 0.3) is 0 Å². The van der Waals surface area contributed by atoms with Crippen LogP contribution in [0.5, 0.6) is 0 Å². The predicted octanol–water partition coefficient (Wildman–Crippen LogP) is 2.29. The molecule has 2 nitrogen and oxygen atoms in total. The van der Waals surface area contributed by atoms with Gasteiger partial charge in [0.25, 0.3) is 0 Å². The van der Waals surface area contributed by atoms with Crippen LogP contribution in [0.2, 0.25) is 0 Å². The van der Waals surface area contributed by atoms with Crippen molar-refractivity contribution in [3.8, 4) is 0 Å². The Morgan fingerprint density at radius 2 is 1.93 bits per heavy atom. The lowest BCUT2D eigenvalue weighted by molar-refractivity contribution is 0.00590. The molecule has 82 valence electrons. The molecule has 0 aromatic heterocycles. The molecule has 1 heterocycles. The number of hydrogen-bond donors (Lipinski definition) is 1. The third kappa shape index (κ3) is 2.36. The van der Waals surface area contributed by atoms with Gasteiger partial charge in [0.15, 0.2) is 0 Å². The molecule has 0 radical (unpaired) electrons. The molecule has 1 aliphatic heterocycles. The van der Waals surface area contributed by atoms with Crippen LogP contribution in [0.15, 0.2) is 24.3 Å². The number of halogens is 1. The molecule has 2 rings (SSSR count). The zero-order valence-corrected chi connectivity index (χ0v) is 8.53. The van der Waals surface area contributed by atoms with Crippen LogP contribution in [0.1, 0.15) is 24.5 Å². The molecule has 1 aromatic carbocycles. The molecule has 1 N–H and O–H groups in total. The van der Waals surface area contributed by atoms with Gasteiger partial charge in [-0.2, -0.15) is 0 Å². The van der Waals surface area contributed by atoms with E-state index >= 15 is 0 Å². The molecule has 1 aliphatic rings. The van der Waals surface area contributed by atoms with Gasteiger partial charge in [0.2, 0.25) is 0 Å². The molecule has 0 bridgehead atoms. The Morgan fingerprint density at radius 3 is 2.60 bits per heavy atom. The van der Waals surface area contributed by atoms with Crippen molar-refractivity contribution >= 4 is 0 Å². The number of aliphatic hydroxyl groups is 1. The lowest BCUT2D eigenvalue weighted by Crippen LogP contribution is -2.22. The highest BCUT2D eigenvalue weighted by Crippen LogP contribution is 2.30. The van der Waals surface area contributed by atoms with E-state index in [1.54, 1.807) is 18.2 Å². The number of benzene rings is 1. The Morgan fingerprint density at radius 1 is 1.27 bits per heavy atom. The van der Waals surface area contributed by atoms with Gasteiger partial charge in [0, 0.05) is 18.8 Å². The van der Waals surface area contributed by atoms with E-state index in [0.29, 0.717) is 18.8 Å². The highest BCUT2D eigenvalue weighted by molar-refractivity contribution is 5.20. The number of rotatable bonds is 2. The van der Waals surface area contributed by atoms with Crippen molar-refractivity contribution in [3.63, 3.8) is 0 Å². The van der Waals surface area contributed by atoms with Gasteiger partial charge < -0.3 is 9.84 Å². The molecule has 0 unspecified atom stereocenters. The highest BCUT2D eigenvalue weighted by atomic mass is 19.1. The fourth-order valence-electron chi connectivity index (χ4n) is 2.00. The van der Waals surface area contributed by atoms with Crippen molar-refractivity contribution in [2.75, 3.05) is 13.2 Å². The first kappa shape index (κ1) is 10.6. The standard InChI is InChI=1S/C12H15FO2/c13-11-4-2-1-3-10(11)12(14)9-5-7-15-8-6-9/h1-4,9,12,14H,5-8H2/t12-/m1/s1. The Balaban J connectivity index is 2.12. The summed E-state index contributed by atoms with van der Waals surface area (Å²) < 4.78 is 18.6. The molecule has 15 heavy (non-hydrogen) atoms. The monoisotopic (exact) mass is 210 g/mol. The fraction of sp³-hybridized carbons (Fsp3) is 0.500. The van der Waals surface area contributed by atoms with Gasteiger partial charge in [0.05, 0.1) is 6.10 Å². The van der Waals surface area contributed by atoms with Crippen LogP contribution in [0, 0.1) is 11.7 Å². The predicted molar refractivity (Wildman–Crippen MR) is 54.9 cm³/mol. The molecule has 0 spiro atoms. The normalized spacial score (nSPS) is 20.1. The van der Waals surface area contributed by atoms with Crippen molar-refractivity contribution in [2.24, 2.45) is 5.92 Å². The largest absolute Gasteiger partial charge is 0.388 e. The highest BCUT2D eigenvalue weighted by Gasteiger charge is 2.25. The molecule has 0 aliphatic carbocycles. The summed E-state index contributed by atoms with van der Waals surface area (Å²) in [6.45, 7) is 1.33. The topological polar surface area (TPSA) is 29.5 Å². The number of aliphatic hydroxyl groups excluding tert-OH is 1. The van der Waals surface area contributed by atoms with Gasteiger partial charge in [-0.25, -0.2) is 4.39 Å². The maximum absolute atomic E-state index is 13.4. The van der Waals surface area contributed by atoms with Crippen molar-refractivity contribution < 1.29 is 14.2 Å². The van der Waals surface area contributed by atoms with Crippen LogP contribution in [0.4, 0.5) is 4.39 Å². The number of ether oxygens (including phenoxy) is 1. The summed E-state index contributed by atoms with van der Waals surface area (Å²) in [6.07, 6.45) is 0.903. The summed E-state index contributed by atoms with van der Waals surface area (Å²) in [5.74, 6) is -0.202. The van der Waals surface area contributed by atoms with Crippen molar-refractivity contribution in [2.45, 2.75) is 18.9 Å². The third-order valence-electron chi connectivity index (χ3n) is 2.94. The molecule has 1 aromatic rings. The van der Waals surface area contributed by atoms with E-state index in [1.165, 1.54) is 6.07 Å². The summed E-state index contributed by atoms with van der Waals surface area (Å²) in [5, 5.41) is 10.0.